The molecule has 2 amide bonds. The fourth-order valence-electron chi connectivity index (χ4n) is 5.18. The Kier molecular flexibility index (Phi) is 6.01. The largest absolute Gasteiger partial charge is 0.464 e. The molecule has 1 atom stereocenters. The Hall–Kier alpha value is -3.38. The minimum absolute atomic E-state index is 0.0155. The molecule has 182 valence electrons. The molecule has 2 aliphatic rings. The van der Waals surface area contributed by atoms with Crippen LogP contribution in [-0.4, -0.2) is 30.4 Å². The molecular weight excluding hydrogens is 440 g/mol. The summed E-state index contributed by atoms with van der Waals surface area (Å²) in [5.74, 6) is 1.55. The maximum absolute atomic E-state index is 13.8. The van der Waals surface area contributed by atoms with Gasteiger partial charge < -0.3 is 19.4 Å². The van der Waals surface area contributed by atoms with Crippen molar-refractivity contribution in [3.8, 4) is 0 Å². The van der Waals surface area contributed by atoms with Crippen molar-refractivity contribution in [1.82, 2.24) is 10.2 Å². The SMILES string of the molecule is COCC(=O)N1Cc2ccc(C3(C(=O)NC(c4ccc(C)o4)c4ccc(C)cc4C)CC3)cc2C1. The van der Waals surface area contributed by atoms with Crippen molar-refractivity contribution in [2.24, 2.45) is 0 Å². The highest BCUT2D eigenvalue weighted by Crippen LogP contribution is 2.50. The molecular formula is C29H32N2O4. The monoisotopic (exact) mass is 472 g/mol. The van der Waals surface area contributed by atoms with Gasteiger partial charge in [-0.15, -0.1) is 0 Å². The lowest BCUT2D eigenvalue weighted by atomic mass is 9.90. The third kappa shape index (κ3) is 4.39. The Morgan fingerprint density at radius 2 is 1.80 bits per heavy atom. The number of amides is 2. The Morgan fingerprint density at radius 3 is 2.46 bits per heavy atom. The van der Waals surface area contributed by atoms with Crippen LogP contribution >= 0.6 is 0 Å². The van der Waals surface area contributed by atoms with Gasteiger partial charge in [0.2, 0.25) is 11.8 Å². The van der Waals surface area contributed by atoms with Crippen LogP contribution in [0.5, 0.6) is 0 Å². The van der Waals surface area contributed by atoms with Crippen LogP contribution in [-0.2, 0) is 32.8 Å². The van der Waals surface area contributed by atoms with Crippen LogP contribution < -0.4 is 5.32 Å². The summed E-state index contributed by atoms with van der Waals surface area (Å²) in [7, 11) is 1.53. The number of nitrogens with zero attached hydrogens (tertiary/aromatic N) is 1. The normalized spacial score (nSPS) is 16.6. The van der Waals surface area contributed by atoms with E-state index < -0.39 is 5.41 Å². The molecule has 0 bridgehead atoms. The Bertz CT molecular complexity index is 1290. The van der Waals surface area contributed by atoms with Gasteiger partial charge in [-0.3, -0.25) is 9.59 Å². The zero-order valence-corrected chi connectivity index (χ0v) is 20.8. The number of nitrogens with one attached hydrogen (secondary N) is 1. The zero-order valence-electron chi connectivity index (χ0n) is 20.8. The summed E-state index contributed by atoms with van der Waals surface area (Å²) in [5, 5.41) is 3.32. The summed E-state index contributed by atoms with van der Waals surface area (Å²) in [4.78, 5) is 27.9. The molecule has 6 heteroatoms. The maximum atomic E-state index is 13.8. The minimum atomic E-state index is -0.544. The van der Waals surface area contributed by atoms with Crippen molar-refractivity contribution >= 4 is 11.8 Å². The van der Waals surface area contributed by atoms with E-state index in [1.807, 2.05) is 19.1 Å². The van der Waals surface area contributed by atoms with Crippen molar-refractivity contribution in [2.75, 3.05) is 13.7 Å². The van der Waals surface area contributed by atoms with Crippen LogP contribution in [0.15, 0.2) is 52.9 Å². The lowest BCUT2D eigenvalue weighted by Gasteiger charge is -2.24. The fraction of sp³-hybridized carbons (Fsp3) is 0.379. The lowest BCUT2D eigenvalue weighted by Crippen LogP contribution is -2.38. The highest BCUT2D eigenvalue weighted by molar-refractivity contribution is 5.92. The van der Waals surface area contributed by atoms with Crippen molar-refractivity contribution in [2.45, 2.75) is 58.2 Å². The number of aryl methyl sites for hydroxylation is 3. The molecule has 1 fully saturated rings. The Morgan fingerprint density at radius 1 is 1.03 bits per heavy atom. The van der Waals surface area contributed by atoms with Crippen molar-refractivity contribution in [3.05, 3.63) is 93.4 Å². The maximum Gasteiger partial charge on any atom is 0.249 e. The number of furan rings is 1. The number of ether oxygens (including phenoxy) is 1. The highest BCUT2D eigenvalue weighted by Gasteiger charge is 2.52. The third-order valence-corrected chi connectivity index (χ3v) is 7.34. The molecule has 0 saturated heterocycles. The van der Waals surface area contributed by atoms with E-state index in [2.05, 4.69) is 55.6 Å². The second kappa shape index (κ2) is 9.00. The predicted octanol–water partition coefficient (Wildman–Crippen LogP) is 4.63. The molecule has 1 N–H and O–H groups in total. The number of fused-ring (bicyclic) bond motifs is 1. The van der Waals surface area contributed by atoms with Gasteiger partial charge >= 0.3 is 0 Å². The number of benzene rings is 2. The molecule has 0 radical (unpaired) electrons. The summed E-state index contributed by atoms with van der Waals surface area (Å²) < 4.78 is 11.0. The summed E-state index contributed by atoms with van der Waals surface area (Å²) in [6.07, 6.45) is 1.61. The molecule has 1 unspecified atom stereocenters. The van der Waals surface area contributed by atoms with E-state index in [-0.39, 0.29) is 24.5 Å². The van der Waals surface area contributed by atoms with Crippen LogP contribution in [0.4, 0.5) is 0 Å². The molecule has 6 nitrogen and oxygen atoms in total. The van der Waals surface area contributed by atoms with Gasteiger partial charge in [-0.05, 0) is 73.6 Å². The molecule has 1 aliphatic carbocycles. The van der Waals surface area contributed by atoms with Gasteiger partial charge in [0, 0.05) is 20.2 Å². The average Bonchev–Trinajstić information content (AvgIpc) is 3.35. The highest BCUT2D eigenvalue weighted by atomic mass is 16.5. The van der Waals surface area contributed by atoms with E-state index in [4.69, 9.17) is 9.15 Å². The number of hydrogen-bond acceptors (Lipinski definition) is 4. The van der Waals surface area contributed by atoms with E-state index in [1.165, 1.54) is 12.7 Å². The number of rotatable bonds is 7. The molecule has 1 saturated carbocycles. The second-order valence-electron chi connectivity index (χ2n) is 9.96. The number of carbonyl (C=O) groups is 2. The van der Waals surface area contributed by atoms with E-state index in [1.54, 1.807) is 4.90 Å². The number of hydrogen-bond donors (Lipinski definition) is 1. The molecule has 1 aliphatic heterocycles. The fourth-order valence-corrected chi connectivity index (χ4v) is 5.18. The molecule has 35 heavy (non-hydrogen) atoms. The van der Waals surface area contributed by atoms with Crippen LogP contribution in [0.25, 0.3) is 0 Å². The van der Waals surface area contributed by atoms with Crippen LogP contribution in [0, 0.1) is 20.8 Å². The summed E-state index contributed by atoms with van der Waals surface area (Å²) in [6, 6.07) is 16.0. The lowest BCUT2D eigenvalue weighted by molar-refractivity contribution is -0.135. The Balaban J connectivity index is 1.41. The molecule has 2 aromatic carbocycles. The van der Waals surface area contributed by atoms with Crippen LogP contribution in [0.2, 0.25) is 0 Å². The van der Waals surface area contributed by atoms with Gasteiger partial charge in [-0.25, -0.2) is 0 Å². The van der Waals surface area contributed by atoms with Crippen molar-refractivity contribution in [1.29, 1.82) is 0 Å². The summed E-state index contributed by atoms with van der Waals surface area (Å²) in [5.41, 5.74) is 6.05. The summed E-state index contributed by atoms with van der Waals surface area (Å²) in [6.45, 7) is 7.28. The van der Waals surface area contributed by atoms with E-state index >= 15 is 0 Å². The Labute approximate surface area is 206 Å². The van der Waals surface area contributed by atoms with Gasteiger partial charge in [0.15, 0.2) is 0 Å². The van der Waals surface area contributed by atoms with Gasteiger partial charge in [-0.1, -0.05) is 42.0 Å². The predicted molar refractivity (Wildman–Crippen MR) is 133 cm³/mol. The third-order valence-electron chi connectivity index (χ3n) is 7.34. The molecule has 2 heterocycles. The zero-order chi connectivity index (χ0) is 24.7. The second-order valence-corrected chi connectivity index (χ2v) is 9.96. The number of methoxy groups -OCH3 is 1. The first-order valence-corrected chi connectivity index (χ1v) is 12.1. The van der Waals surface area contributed by atoms with Gasteiger partial charge in [0.05, 0.1) is 5.41 Å². The van der Waals surface area contributed by atoms with Gasteiger partial charge in [0.25, 0.3) is 0 Å². The van der Waals surface area contributed by atoms with E-state index in [0.29, 0.717) is 13.1 Å². The quantitative estimate of drug-likeness (QED) is 0.544. The molecule has 0 spiro atoms. The van der Waals surface area contributed by atoms with Crippen LogP contribution in [0.1, 0.15) is 63.8 Å². The smallest absolute Gasteiger partial charge is 0.249 e. The standard InChI is InChI=1S/C29H32N2O4/c1-18-5-9-24(19(2)13-18)27(25-10-6-20(3)35-25)30-28(33)29(11-12-29)23-8-7-21-15-31(16-22(21)14-23)26(32)17-34-4/h5-10,13-14,27H,11-12,15-17H2,1-4H3,(H,30,33). The first-order chi connectivity index (χ1) is 16.8. The first-order valence-electron chi connectivity index (χ1n) is 12.1. The van der Waals surface area contributed by atoms with Gasteiger partial charge in [-0.2, -0.15) is 0 Å². The van der Waals surface area contributed by atoms with Crippen molar-refractivity contribution < 1.29 is 18.7 Å². The molecule has 5 rings (SSSR count). The average molecular weight is 473 g/mol. The first kappa shape index (κ1) is 23.4. The molecule has 3 aromatic rings. The summed E-state index contributed by atoms with van der Waals surface area (Å²) >= 11 is 0. The van der Waals surface area contributed by atoms with E-state index in [9.17, 15) is 9.59 Å². The molecule has 1 aromatic heterocycles. The minimum Gasteiger partial charge on any atom is -0.464 e. The topological polar surface area (TPSA) is 71.8 Å². The number of carbonyl (C=O) groups excluding carboxylic acids is 2. The van der Waals surface area contributed by atoms with Crippen LogP contribution in [0.3, 0.4) is 0 Å². The van der Waals surface area contributed by atoms with E-state index in [0.717, 1.165) is 52.2 Å². The van der Waals surface area contributed by atoms with Gasteiger partial charge in [0.1, 0.15) is 24.2 Å². The van der Waals surface area contributed by atoms with Crippen molar-refractivity contribution in [3.63, 3.8) is 0 Å².